The van der Waals surface area contributed by atoms with Gasteiger partial charge in [0.25, 0.3) is 5.96 Å². The van der Waals surface area contributed by atoms with Gasteiger partial charge < -0.3 is 5.32 Å². The molecule has 1 rings (SSSR count). The highest BCUT2D eigenvalue weighted by molar-refractivity contribution is 5.90. The molecule has 7 nitrogen and oxygen atoms in total. The second kappa shape index (κ2) is 3.46. The average molecular weight is 170 g/mol. The van der Waals surface area contributed by atoms with Crippen LogP contribution in [0.3, 0.4) is 0 Å². The minimum atomic E-state index is -0.863. The van der Waals surface area contributed by atoms with E-state index in [1.54, 1.807) is 6.08 Å². The standard InChI is InChI=1S/C5H6N4O3/c10-4-8-3-1-2-6-5(8)7-9(11)12/h1-2,4H,3H2,(H,6,7). The molecule has 12 heavy (non-hydrogen) atoms. The number of amides is 1. The fourth-order valence-electron chi connectivity index (χ4n) is 0.726. The molecule has 0 atom stereocenters. The third-order valence-corrected chi connectivity index (χ3v) is 1.21. The molecule has 0 aliphatic carbocycles. The Bertz CT molecular complexity index is 259. The van der Waals surface area contributed by atoms with Crippen molar-refractivity contribution in [2.24, 2.45) is 5.10 Å². The lowest BCUT2D eigenvalue weighted by molar-refractivity contribution is -0.485. The first-order valence-corrected chi connectivity index (χ1v) is 3.10. The minimum Gasteiger partial charge on any atom is -0.327 e. The SMILES string of the molecule is O=CN1CC=CN/C1=N\[N+](=O)[O-]. The maximum atomic E-state index is 10.3. The minimum absolute atomic E-state index is 0.0718. The number of nitrogens with zero attached hydrogens (tertiary/aromatic N) is 3. The van der Waals surface area contributed by atoms with Gasteiger partial charge in [-0.3, -0.25) is 9.69 Å². The van der Waals surface area contributed by atoms with Gasteiger partial charge in [0.15, 0.2) is 5.03 Å². The van der Waals surface area contributed by atoms with Gasteiger partial charge in [-0.05, 0) is 6.08 Å². The second-order valence-electron chi connectivity index (χ2n) is 1.97. The van der Waals surface area contributed by atoms with Gasteiger partial charge in [-0.25, -0.2) is 10.1 Å². The van der Waals surface area contributed by atoms with E-state index in [-0.39, 0.29) is 5.96 Å². The molecule has 1 aliphatic heterocycles. The van der Waals surface area contributed by atoms with Crippen LogP contribution in [0.2, 0.25) is 0 Å². The normalized spacial score (nSPS) is 19.0. The van der Waals surface area contributed by atoms with Gasteiger partial charge in [-0.2, -0.15) is 0 Å². The Morgan fingerprint density at radius 2 is 2.58 bits per heavy atom. The molecule has 0 unspecified atom stereocenters. The topological polar surface area (TPSA) is 87.8 Å². The predicted octanol–water partition coefficient (Wildman–Crippen LogP) is -0.891. The van der Waals surface area contributed by atoms with Crippen molar-refractivity contribution in [3.8, 4) is 0 Å². The lowest BCUT2D eigenvalue weighted by Crippen LogP contribution is -2.41. The van der Waals surface area contributed by atoms with Crippen molar-refractivity contribution in [2.75, 3.05) is 6.54 Å². The molecule has 0 radical (unpaired) electrons. The first-order chi connectivity index (χ1) is 5.74. The van der Waals surface area contributed by atoms with Gasteiger partial charge in [-0.15, -0.1) is 0 Å². The summed E-state index contributed by atoms with van der Waals surface area (Å²) in [5.74, 6) is -0.0718. The van der Waals surface area contributed by atoms with Crippen LogP contribution in [0.15, 0.2) is 17.4 Å². The number of rotatable bonds is 2. The van der Waals surface area contributed by atoms with E-state index in [4.69, 9.17) is 0 Å². The van der Waals surface area contributed by atoms with Crippen LogP contribution in [0.1, 0.15) is 0 Å². The number of hydrogen-bond acceptors (Lipinski definition) is 3. The Kier molecular flexibility index (Phi) is 2.36. The van der Waals surface area contributed by atoms with E-state index >= 15 is 0 Å². The molecule has 0 aromatic heterocycles. The second-order valence-corrected chi connectivity index (χ2v) is 1.97. The summed E-state index contributed by atoms with van der Waals surface area (Å²) in [6, 6.07) is 0. The quantitative estimate of drug-likeness (QED) is 0.331. The van der Waals surface area contributed by atoms with E-state index < -0.39 is 5.03 Å². The molecular weight excluding hydrogens is 164 g/mol. The number of hydrazone groups is 1. The third-order valence-electron chi connectivity index (χ3n) is 1.21. The summed E-state index contributed by atoms with van der Waals surface area (Å²) in [5.41, 5.74) is 0. The summed E-state index contributed by atoms with van der Waals surface area (Å²) < 4.78 is 0. The fourth-order valence-corrected chi connectivity index (χ4v) is 0.726. The molecule has 7 heteroatoms. The summed E-state index contributed by atoms with van der Waals surface area (Å²) in [7, 11) is 0. The lowest BCUT2D eigenvalue weighted by atomic mass is 10.5. The van der Waals surface area contributed by atoms with Crippen molar-refractivity contribution < 1.29 is 9.83 Å². The van der Waals surface area contributed by atoms with E-state index in [1.807, 2.05) is 0 Å². The third kappa shape index (κ3) is 1.78. The molecule has 1 amide bonds. The van der Waals surface area contributed by atoms with E-state index in [1.165, 1.54) is 6.20 Å². The predicted molar refractivity (Wildman–Crippen MR) is 39.5 cm³/mol. The smallest absolute Gasteiger partial charge is 0.282 e. The molecule has 1 heterocycles. The van der Waals surface area contributed by atoms with Gasteiger partial charge in [0.1, 0.15) is 5.10 Å². The Morgan fingerprint density at radius 1 is 1.83 bits per heavy atom. The van der Waals surface area contributed by atoms with Crippen LogP contribution in [0, 0.1) is 10.1 Å². The van der Waals surface area contributed by atoms with Crippen molar-refractivity contribution in [1.29, 1.82) is 0 Å². The Morgan fingerprint density at radius 3 is 3.17 bits per heavy atom. The van der Waals surface area contributed by atoms with Gasteiger partial charge in [0.05, 0.1) is 0 Å². The van der Waals surface area contributed by atoms with Crippen molar-refractivity contribution in [1.82, 2.24) is 10.2 Å². The van der Waals surface area contributed by atoms with Crippen molar-refractivity contribution in [3.05, 3.63) is 22.4 Å². The number of hydrogen-bond donors (Lipinski definition) is 1. The Labute approximate surface area is 67.5 Å². The number of nitrogens with one attached hydrogen (secondary N) is 1. The maximum Gasteiger partial charge on any atom is 0.282 e. The highest BCUT2D eigenvalue weighted by Gasteiger charge is 2.14. The van der Waals surface area contributed by atoms with E-state index in [0.29, 0.717) is 13.0 Å². The number of nitro groups is 1. The summed E-state index contributed by atoms with van der Waals surface area (Å²) >= 11 is 0. The van der Waals surface area contributed by atoms with Gasteiger partial charge >= 0.3 is 0 Å². The monoisotopic (exact) mass is 170 g/mol. The Balaban J connectivity index is 2.80. The van der Waals surface area contributed by atoms with Crippen LogP contribution in [0.5, 0.6) is 0 Å². The summed E-state index contributed by atoms with van der Waals surface area (Å²) in [6.45, 7) is 0.295. The molecule has 64 valence electrons. The van der Waals surface area contributed by atoms with E-state index in [9.17, 15) is 14.9 Å². The molecule has 1 N–H and O–H groups in total. The molecular formula is C5H6N4O3. The van der Waals surface area contributed by atoms with E-state index in [0.717, 1.165) is 4.90 Å². The average Bonchev–Trinajstić information content (AvgIpc) is 2.04. The first kappa shape index (κ1) is 8.18. The summed E-state index contributed by atoms with van der Waals surface area (Å²) in [6.07, 6.45) is 3.61. The van der Waals surface area contributed by atoms with Gasteiger partial charge in [-0.1, -0.05) is 0 Å². The van der Waals surface area contributed by atoms with Crippen LogP contribution in [0.4, 0.5) is 0 Å². The molecule has 0 saturated heterocycles. The van der Waals surface area contributed by atoms with Crippen LogP contribution in [-0.2, 0) is 4.79 Å². The van der Waals surface area contributed by atoms with Crippen LogP contribution >= 0.6 is 0 Å². The number of guanidine groups is 1. The van der Waals surface area contributed by atoms with Crippen LogP contribution < -0.4 is 5.32 Å². The summed E-state index contributed by atoms with van der Waals surface area (Å²) in [4.78, 5) is 21.3. The first-order valence-electron chi connectivity index (χ1n) is 3.10. The van der Waals surface area contributed by atoms with Gasteiger partial charge in [0, 0.05) is 12.7 Å². The zero-order chi connectivity index (χ0) is 8.97. The number of carbonyl (C=O) groups excluding carboxylic acids is 1. The number of carbonyl (C=O) groups is 1. The summed E-state index contributed by atoms with van der Waals surface area (Å²) in [5, 5.41) is 14.5. The fraction of sp³-hybridized carbons (Fsp3) is 0.200. The van der Waals surface area contributed by atoms with Crippen LogP contribution in [0.25, 0.3) is 0 Å². The Hall–Kier alpha value is -1.92. The maximum absolute atomic E-state index is 10.3. The van der Waals surface area contributed by atoms with Crippen molar-refractivity contribution in [3.63, 3.8) is 0 Å². The van der Waals surface area contributed by atoms with Gasteiger partial charge in [0.2, 0.25) is 6.41 Å². The molecule has 1 aliphatic rings. The molecule has 0 saturated carbocycles. The molecule has 0 spiro atoms. The lowest BCUT2D eigenvalue weighted by Gasteiger charge is -2.17. The molecule has 0 aromatic rings. The zero-order valence-corrected chi connectivity index (χ0v) is 6.01. The molecule has 0 bridgehead atoms. The zero-order valence-electron chi connectivity index (χ0n) is 6.01. The molecule has 0 fully saturated rings. The highest BCUT2D eigenvalue weighted by Crippen LogP contribution is 1.92. The van der Waals surface area contributed by atoms with E-state index in [2.05, 4.69) is 10.4 Å². The van der Waals surface area contributed by atoms with Crippen molar-refractivity contribution >= 4 is 12.4 Å². The molecule has 0 aromatic carbocycles. The largest absolute Gasteiger partial charge is 0.327 e. The van der Waals surface area contributed by atoms with Crippen molar-refractivity contribution in [2.45, 2.75) is 0 Å². The highest BCUT2D eigenvalue weighted by atomic mass is 16.7. The van der Waals surface area contributed by atoms with Crippen LogP contribution in [-0.4, -0.2) is 28.8 Å².